The number of para-hydroxylation sites is 1. The molecule has 0 radical (unpaired) electrons. The first-order valence-electron chi connectivity index (χ1n) is 7.80. The van der Waals surface area contributed by atoms with Crippen molar-refractivity contribution in [3.8, 4) is 17.2 Å². The van der Waals surface area contributed by atoms with E-state index in [2.05, 4.69) is 20.7 Å². The number of sulfonamides is 1. The molecule has 0 bridgehead atoms. The predicted molar refractivity (Wildman–Crippen MR) is 97.4 cm³/mol. The molecular formula is C17H16BrNO6S. The van der Waals surface area contributed by atoms with Crippen LogP contribution in [0.3, 0.4) is 0 Å². The van der Waals surface area contributed by atoms with E-state index in [9.17, 15) is 13.2 Å². The molecule has 7 nitrogen and oxygen atoms in total. The van der Waals surface area contributed by atoms with E-state index in [0.29, 0.717) is 16.8 Å². The van der Waals surface area contributed by atoms with Crippen LogP contribution >= 0.6 is 15.9 Å². The van der Waals surface area contributed by atoms with E-state index in [-0.39, 0.29) is 35.2 Å². The summed E-state index contributed by atoms with van der Waals surface area (Å²) in [6.07, 6.45) is 0. The van der Waals surface area contributed by atoms with Gasteiger partial charge in [0, 0.05) is 4.47 Å². The lowest BCUT2D eigenvalue weighted by Gasteiger charge is -2.20. The van der Waals surface area contributed by atoms with Crippen LogP contribution in [0.1, 0.15) is 17.3 Å². The first kappa shape index (κ1) is 18.5. The van der Waals surface area contributed by atoms with E-state index >= 15 is 0 Å². The van der Waals surface area contributed by atoms with Crippen LogP contribution in [0.15, 0.2) is 45.8 Å². The Balaban J connectivity index is 1.94. The van der Waals surface area contributed by atoms with E-state index < -0.39 is 15.9 Å². The van der Waals surface area contributed by atoms with Gasteiger partial charge in [-0.05, 0) is 37.3 Å². The van der Waals surface area contributed by atoms with Crippen LogP contribution in [0.2, 0.25) is 0 Å². The van der Waals surface area contributed by atoms with Gasteiger partial charge in [-0.15, -0.1) is 0 Å². The van der Waals surface area contributed by atoms with Gasteiger partial charge in [-0.2, -0.15) is 0 Å². The maximum atomic E-state index is 12.7. The van der Waals surface area contributed by atoms with Crippen molar-refractivity contribution < 1.29 is 27.4 Å². The Morgan fingerprint density at radius 1 is 1.23 bits per heavy atom. The molecule has 0 aromatic heterocycles. The molecule has 0 saturated carbocycles. The lowest BCUT2D eigenvalue weighted by Crippen LogP contribution is -2.32. The summed E-state index contributed by atoms with van der Waals surface area (Å²) < 4.78 is 44.3. The number of fused-ring (bicyclic) bond motifs is 1. The number of carbonyl (C=O) groups is 1. The van der Waals surface area contributed by atoms with Crippen molar-refractivity contribution in [3.05, 3.63) is 46.4 Å². The van der Waals surface area contributed by atoms with Crippen molar-refractivity contribution >= 4 is 31.9 Å². The zero-order valence-electron chi connectivity index (χ0n) is 13.8. The van der Waals surface area contributed by atoms with Crippen LogP contribution in [0.4, 0.5) is 0 Å². The van der Waals surface area contributed by atoms with Gasteiger partial charge < -0.3 is 14.2 Å². The molecule has 0 spiro atoms. The van der Waals surface area contributed by atoms with Gasteiger partial charge in [0.05, 0.1) is 12.2 Å². The lowest BCUT2D eigenvalue weighted by molar-refractivity contribution is 0.0970. The van der Waals surface area contributed by atoms with Gasteiger partial charge in [0.15, 0.2) is 11.5 Å². The number of hydrogen-bond acceptors (Lipinski definition) is 6. The number of amides is 1. The molecule has 2 aromatic carbocycles. The Bertz CT molecular complexity index is 944. The van der Waals surface area contributed by atoms with E-state index in [4.69, 9.17) is 14.2 Å². The Labute approximate surface area is 159 Å². The normalized spacial score (nSPS) is 13.2. The van der Waals surface area contributed by atoms with Gasteiger partial charge in [0.2, 0.25) is 0 Å². The predicted octanol–water partition coefficient (Wildman–Crippen LogP) is 2.74. The monoisotopic (exact) mass is 441 g/mol. The van der Waals surface area contributed by atoms with Crippen molar-refractivity contribution in [1.82, 2.24) is 4.72 Å². The summed E-state index contributed by atoms with van der Waals surface area (Å²) in [6.45, 7) is 2.68. The SMILES string of the molecule is CCOc1ccc(Br)cc1S(=O)(=O)NC(=O)c1cccc2c1OCCO2. The largest absolute Gasteiger partial charge is 0.492 e. The molecule has 1 amide bonds. The lowest BCUT2D eigenvalue weighted by atomic mass is 10.1. The molecule has 1 heterocycles. The highest BCUT2D eigenvalue weighted by atomic mass is 79.9. The fourth-order valence-corrected chi connectivity index (χ4v) is 4.10. The molecule has 26 heavy (non-hydrogen) atoms. The van der Waals surface area contributed by atoms with Gasteiger partial charge in [-0.25, -0.2) is 13.1 Å². The molecule has 138 valence electrons. The standard InChI is InChI=1S/C17H16BrNO6S/c1-2-23-13-7-6-11(18)10-15(13)26(21,22)19-17(20)12-4-3-5-14-16(12)25-9-8-24-14/h3-7,10H,2,8-9H2,1H3,(H,19,20). The second kappa shape index (κ2) is 7.55. The van der Waals surface area contributed by atoms with E-state index in [0.717, 1.165) is 0 Å². The average molecular weight is 442 g/mol. The van der Waals surface area contributed by atoms with E-state index in [1.165, 1.54) is 18.2 Å². The van der Waals surface area contributed by atoms with Crippen LogP contribution in [-0.4, -0.2) is 34.1 Å². The molecule has 1 aliphatic heterocycles. The van der Waals surface area contributed by atoms with Gasteiger partial charge in [-0.3, -0.25) is 4.79 Å². The van der Waals surface area contributed by atoms with E-state index in [1.54, 1.807) is 25.1 Å². The van der Waals surface area contributed by atoms with Crippen molar-refractivity contribution in [2.45, 2.75) is 11.8 Å². The highest BCUT2D eigenvalue weighted by Crippen LogP contribution is 2.34. The summed E-state index contributed by atoms with van der Waals surface area (Å²) in [4.78, 5) is 12.4. The second-order valence-electron chi connectivity index (χ2n) is 5.29. The van der Waals surface area contributed by atoms with Gasteiger partial charge in [-0.1, -0.05) is 22.0 Å². The zero-order valence-corrected chi connectivity index (χ0v) is 16.2. The Hall–Kier alpha value is -2.26. The fourth-order valence-electron chi connectivity index (χ4n) is 2.45. The first-order chi connectivity index (χ1) is 12.4. The zero-order chi connectivity index (χ0) is 18.7. The number of benzene rings is 2. The number of nitrogens with one attached hydrogen (secondary N) is 1. The van der Waals surface area contributed by atoms with Gasteiger partial charge >= 0.3 is 0 Å². The number of hydrogen-bond donors (Lipinski definition) is 1. The number of carbonyl (C=O) groups excluding carboxylic acids is 1. The summed E-state index contributed by atoms with van der Waals surface area (Å²) >= 11 is 3.23. The summed E-state index contributed by atoms with van der Waals surface area (Å²) in [5, 5.41) is 0. The molecule has 1 aliphatic rings. The molecule has 3 rings (SSSR count). The van der Waals surface area contributed by atoms with Crippen molar-refractivity contribution in [2.24, 2.45) is 0 Å². The first-order valence-corrected chi connectivity index (χ1v) is 10.1. The molecule has 0 aliphatic carbocycles. The molecule has 1 N–H and O–H groups in total. The van der Waals surface area contributed by atoms with Crippen molar-refractivity contribution in [3.63, 3.8) is 0 Å². The van der Waals surface area contributed by atoms with Crippen LogP contribution in [0, 0.1) is 0 Å². The minimum atomic E-state index is -4.16. The summed E-state index contributed by atoms with van der Waals surface area (Å²) in [6, 6.07) is 9.28. The maximum absolute atomic E-state index is 12.7. The van der Waals surface area contributed by atoms with Crippen LogP contribution in [0.25, 0.3) is 0 Å². The Morgan fingerprint density at radius 3 is 2.77 bits per heavy atom. The maximum Gasteiger partial charge on any atom is 0.268 e. The summed E-state index contributed by atoms with van der Waals surface area (Å²) in [5.41, 5.74) is 0.0822. The van der Waals surface area contributed by atoms with Gasteiger partial charge in [0.1, 0.15) is 23.9 Å². The van der Waals surface area contributed by atoms with E-state index in [1.807, 2.05) is 0 Å². The van der Waals surface area contributed by atoms with Gasteiger partial charge in [0.25, 0.3) is 15.9 Å². The smallest absolute Gasteiger partial charge is 0.268 e. The average Bonchev–Trinajstić information content (AvgIpc) is 2.62. The van der Waals surface area contributed by atoms with Crippen molar-refractivity contribution in [1.29, 1.82) is 0 Å². The molecular weight excluding hydrogens is 426 g/mol. The summed E-state index contributed by atoms with van der Waals surface area (Å²) in [5.74, 6) is -0.0232. The third-order valence-corrected chi connectivity index (χ3v) is 5.38. The number of halogens is 1. The topological polar surface area (TPSA) is 90.9 Å². The Morgan fingerprint density at radius 2 is 2.00 bits per heavy atom. The molecule has 2 aromatic rings. The van der Waals surface area contributed by atoms with Crippen molar-refractivity contribution in [2.75, 3.05) is 19.8 Å². The third kappa shape index (κ3) is 3.78. The molecule has 0 saturated heterocycles. The van der Waals surface area contributed by atoms with Crippen LogP contribution in [0.5, 0.6) is 17.2 Å². The number of ether oxygens (including phenoxy) is 3. The highest BCUT2D eigenvalue weighted by molar-refractivity contribution is 9.10. The quantitative estimate of drug-likeness (QED) is 0.766. The van der Waals surface area contributed by atoms with Crippen LogP contribution < -0.4 is 18.9 Å². The molecule has 0 unspecified atom stereocenters. The molecule has 0 atom stereocenters. The highest BCUT2D eigenvalue weighted by Gasteiger charge is 2.27. The van der Waals surface area contributed by atoms with Crippen LogP contribution in [-0.2, 0) is 10.0 Å². The third-order valence-electron chi connectivity index (χ3n) is 3.53. The fraction of sp³-hybridized carbons (Fsp3) is 0.235. The second-order valence-corrected chi connectivity index (χ2v) is 7.85. The summed E-state index contributed by atoms with van der Waals surface area (Å²) in [7, 11) is -4.16. The molecule has 0 fully saturated rings. The minimum absolute atomic E-state index is 0.0822. The molecule has 9 heteroatoms. The number of rotatable bonds is 5. The minimum Gasteiger partial charge on any atom is -0.492 e. The Kier molecular flexibility index (Phi) is 5.38.